The summed E-state index contributed by atoms with van der Waals surface area (Å²) < 4.78 is 17.6. The Morgan fingerprint density at radius 2 is 1.87 bits per heavy atom. The minimum Gasteiger partial charge on any atom is -0.349 e. The van der Waals surface area contributed by atoms with Crippen LogP contribution >= 0.6 is 23.1 Å². The molecule has 156 valence electrons. The Morgan fingerprint density at radius 1 is 1.17 bits per heavy atom. The van der Waals surface area contributed by atoms with Gasteiger partial charge in [0, 0.05) is 16.6 Å². The number of nitrogens with one attached hydrogen (secondary N) is 1. The molecule has 0 spiro atoms. The van der Waals surface area contributed by atoms with Gasteiger partial charge in [0.2, 0.25) is 5.91 Å². The van der Waals surface area contributed by atoms with Crippen molar-refractivity contribution < 1.29 is 14.0 Å². The van der Waals surface area contributed by atoms with Gasteiger partial charge in [-0.2, -0.15) is 0 Å². The average Bonchev–Trinajstić information content (AvgIpc) is 3.22. The van der Waals surface area contributed by atoms with Crippen molar-refractivity contribution in [2.45, 2.75) is 32.4 Å². The van der Waals surface area contributed by atoms with Crippen molar-refractivity contribution >= 4 is 40.6 Å². The van der Waals surface area contributed by atoms with Gasteiger partial charge >= 0.3 is 0 Å². The average molecular weight is 447 g/mol. The molecule has 1 N–H and O–H groups in total. The third kappa shape index (κ3) is 5.01. The van der Waals surface area contributed by atoms with Gasteiger partial charge in [-0.15, -0.1) is 5.10 Å². The van der Waals surface area contributed by atoms with E-state index in [2.05, 4.69) is 14.9 Å². The maximum Gasteiger partial charge on any atom is 0.280 e. The van der Waals surface area contributed by atoms with Crippen molar-refractivity contribution in [1.82, 2.24) is 14.9 Å². The molecule has 0 unspecified atom stereocenters. The first-order chi connectivity index (χ1) is 14.2. The van der Waals surface area contributed by atoms with Crippen LogP contribution in [-0.2, 0) is 4.79 Å². The number of rotatable bonds is 5. The fraction of sp³-hybridized carbons (Fsp3) is 0.238. The second kappa shape index (κ2) is 8.89. The molecular weight excluding hydrogens is 427 g/mol. The van der Waals surface area contributed by atoms with Gasteiger partial charge in [-0.1, -0.05) is 46.4 Å². The predicted octanol–water partition coefficient (Wildman–Crippen LogP) is 4.63. The van der Waals surface area contributed by atoms with E-state index < -0.39 is 29.2 Å². The van der Waals surface area contributed by atoms with E-state index in [0.717, 1.165) is 17.6 Å². The number of nitrogens with zero attached hydrogens (tertiary/aromatic N) is 3. The summed E-state index contributed by atoms with van der Waals surface area (Å²) in [6.07, 6.45) is 0. The SMILES string of the molecule is CC(C)(C)NC(=O)[C@@H](c1ccccc1)N(C(=O)c1csnn1)c1ccc(F)c(Cl)c1. The van der Waals surface area contributed by atoms with E-state index in [1.807, 2.05) is 26.8 Å². The molecule has 3 rings (SSSR count). The molecule has 1 atom stereocenters. The van der Waals surface area contributed by atoms with E-state index in [0.29, 0.717) is 5.56 Å². The van der Waals surface area contributed by atoms with Crippen molar-refractivity contribution in [1.29, 1.82) is 0 Å². The van der Waals surface area contributed by atoms with Crippen LogP contribution in [0.25, 0.3) is 0 Å². The second-order valence-electron chi connectivity index (χ2n) is 7.62. The van der Waals surface area contributed by atoms with Crippen molar-refractivity contribution in [2.24, 2.45) is 0 Å². The molecule has 0 bridgehead atoms. The summed E-state index contributed by atoms with van der Waals surface area (Å²) in [7, 11) is 0. The molecule has 2 amide bonds. The number of hydrogen-bond acceptors (Lipinski definition) is 5. The number of aromatic nitrogens is 2. The Labute approximate surface area is 182 Å². The Morgan fingerprint density at radius 3 is 2.43 bits per heavy atom. The van der Waals surface area contributed by atoms with Crippen LogP contribution in [0.4, 0.5) is 10.1 Å². The summed E-state index contributed by atoms with van der Waals surface area (Å²) in [5.74, 6) is -1.58. The molecule has 0 saturated heterocycles. The van der Waals surface area contributed by atoms with Crippen LogP contribution in [-0.4, -0.2) is 26.9 Å². The normalized spacial score (nSPS) is 12.3. The fourth-order valence-corrected chi connectivity index (χ4v) is 3.50. The van der Waals surface area contributed by atoms with Gasteiger partial charge in [-0.3, -0.25) is 14.5 Å². The molecule has 30 heavy (non-hydrogen) atoms. The summed E-state index contributed by atoms with van der Waals surface area (Å²) in [6.45, 7) is 5.54. The van der Waals surface area contributed by atoms with E-state index in [-0.39, 0.29) is 16.4 Å². The highest BCUT2D eigenvalue weighted by Gasteiger charge is 2.36. The van der Waals surface area contributed by atoms with Crippen LogP contribution in [0.5, 0.6) is 0 Å². The van der Waals surface area contributed by atoms with Gasteiger partial charge in [-0.05, 0) is 56.1 Å². The Kier molecular flexibility index (Phi) is 6.48. The third-order valence-electron chi connectivity index (χ3n) is 4.10. The van der Waals surface area contributed by atoms with Crippen LogP contribution in [0.15, 0.2) is 53.9 Å². The molecule has 0 fully saturated rings. The quantitative estimate of drug-likeness (QED) is 0.619. The lowest BCUT2D eigenvalue weighted by atomic mass is 10.0. The number of halogens is 2. The minimum absolute atomic E-state index is 0.0740. The van der Waals surface area contributed by atoms with E-state index >= 15 is 0 Å². The minimum atomic E-state index is -1.04. The highest BCUT2D eigenvalue weighted by atomic mass is 35.5. The fourth-order valence-electron chi connectivity index (χ4n) is 2.89. The monoisotopic (exact) mass is 446 g/mol. The smallest absolute Gasteiger partial charge is 0.280 e. The zero-order chi connectivity index (χ0) is 21.9. The molecule has 1 aromatic heterocycles. The lowest BCUT2D eigenvalue weighted by molar-refractivity contribution is -0.123. The van der Waals surface area contributed by atoms with Gasteiger partial charge < -0.3 is 5.32 Å². The molecule has 0 radical (unpaired) electrons. The van der Waals surface area contributed by atoms with Crippen molar-refractivity contribution in [3.8, 4) is 0 Å². The molecule has 9 heteroatoms. The lowest BCUT2D eigenvalue weighted by Gasteiger charge is -2.33. The third-order valence-corrected chi connectivity index (χ3v) is 4.89. The maximum atomic E-state index is 13.8. The molecule has 2 aromatic carbocycles. The molecule has 0 aliphatic heterocycles. The molecular formula is C21H20ClFN4O2S. The standard InChI is InChI=1S/C21H20ClFN4O2S/c1-21(2,3)24-19(28)18(13-7-5-4-6-8-13)27(20(29)17-12-30-26-25-17)14-9-10-16(23)15(22)11-14/h4-12,18H,1-3H3,(H,24,28)/t18-/m1/s1. The summed E-state index contributed by atoms with van der Waals surface area (Å²) in [5, 5.41) is 8.10. The summed E-state index contributed by atoms with van der Waals surface area (Å²) in [4.78, 5) is 28.0. The first kappa shape index (κ1) is 21.9. The van der Waals surface area contributed by atoms with Crippen LogP contribution in [0, 0.1) is 5.82 Å². The van der Waals surface area contributed by atoms with Crippen LogP contribution < -0.4 is 10.2 Å². The summed E-state index contributed by atoms with van der Waals surface area (Å²) in [6, 6.07) is 11.7. The maximum absolute atomic E-state index is 13.8. The predicted molar refractivity (Wildman–Crippen MR) is 115 cm³/mol. The zero-order valence-electron chi connectivity index (χ0n) is 16.6. The van der Waals surface area contributed by atoms with E-state index in [1.165, 1.54) is 22.4 Å². The number of carbonyl (C=O) groups excluding carboxylic acids is 2. The topological polar surface area (TPSA) is 75.2 Å². The highest BCUT2D eigenvalue weighted by Crippen LogP contribution is 2.32. The van der Waals surface area contributed by atoms with Crippen LogP contribution in [0.1, 0.15) is 42.9 Å². The molecule has 3 aromatic rings. The van der Waals surface area contributed by atoms with Gasteiger partial charge in [0.15, 0.2) is 5.69 Å². The van der Waals surface area contributed by atoms with Crippen molar-refractivity contribution in [3.63, 3.8) is 0 Å². The van der Waals surface area contributed by atoms with E-state index in [1.54, 1.807) is 24.3 Å². The Hall–Kier alpha value is -2.84. The molecule has 0 aliphatic carbocycles. The molecule has 6 nitrogen and oxygen atoms in total. The van der Waals surface area contributed by atoms with Gasteiger partial charge in [0.1, 0.15) is 11.9 Å². The van der Waals surface area contributed by atoms with Crippen molar-refractivity contribution in [3.05, 3.63) is 76.0 Å². The number of hydrogen-bond donors (Lipinski definition) is 1. The molecule has 0 saturated carbocycles. The van der Waals surface area contributed by atoms with E-state index in [4.69, 9.17) is 11.6 Å². The van der Waals surface area contributed by atoms with E-state index in [9.17, 15) is 14.0 Å². The van der Waals surface area contributed by atoms with Gasteiger partial charge in [-0.25, -0.2) is 4.39 Å². The molecule has 1 heterocycles. The number of benzene rings is 2. The van der Waals surface area contributed by atoms with Crippen LogP contribution in [0.2, 0.25) is 5.02 Å². The first-order valence-electron chi connectivity index (χ1n) is 9.10. The Bertz CT molecular complexity index is 1040. The lowest BCUT2D eigenvalue weighted by Crippen LogP contribution is -2.49. The van der Waals surface area contributed by atoms with Crippen molar-refractivity contribution in [2.75, 3.05) is 4.90 Å². The second-order valence-corrected chi connectivity index (χ2v) is 8.63. The first-order valence-corrected chi connectivity index (χ1v) is 10.3. The van der Waals surface area contributed by atoms with Gasteiger partial charge in [0.25, 0.3) is 5.91 Å². The summed E-state index contributed by atoms with van der Waals surface area (Å²) >= 11 is 7.00. The number of anilines is 1. The largest absolute Gasteiger partial charge is 0.349 e. The molecule has 0 aliphatic rings. The number of amides is 2. The summed E-state index contributed by atoms with van der Waals surface area (Å²) in [5.41, 5.74) is 0.375. The zero-order valence-corrected chi connectivity index (χ0v) is 18.2. The Balaban J connectivity index is 2.18. The highest BCUT2D eigenvalue weighted by molar-refractivity contribution is 7.03. The number of carbonyl (C=O) groups is 2. The van der Waals surface area contributed by atoms with Crippen LogP contribution in [0.3, 0.4) is 0 Å². The van der Waals surface area contributed by atoms with Gasteiger partial charge in [0.05, 0.1) is 5.02 Å².